The van der Waals surface area contributed by atoms with Crippen molar-refractivity contribution in [3.05, 3.63) is 44.6 Å². The lowest BCUT2D eigenvalue weighted by molar-refractivity contribution is -0.118. The van der Waals surface area contributed by atoms with Crippen LogP contribution in [0.2, 0.25) is 0 Å². The standard InChI is InChI=1S/C23H32N4O5/c1-14(2)12-26(20-21(24)27(13-15(3)4)23(30)25-22(20)29)19(28)8-6-16-5-7-17-18(11-16)32-10-9-31-17/h5,7,11,14-15H,6,8-10,12-13,24H2,1-4H3,(H,25,29,30). The maximum atomic E-state index is 13.2. The Morgan fingerprint density at radius 2 is 1.81 bits per heavy atom. The van der Waals surface area contributed by atoms with E-state index in [1.807, 2.05) is 45.9 Å². The fourth-order valence-corrected chi connectivity index (χ4v) is 3.70. The van der Waals surface area contributed by atoms with E-state index in [0.717, 1.165) is 5.56 Å². The van der Waals surface area contributed by atoms with Gasteiger partial charge < -0.3 is 20.1 Å². The second kappa shape index (κ2) is 9.93. The van der Waals surface area contributed by atoms with Gasteiger partial charge >= 0.3 is 5.69 Å². The molecule has 0 radical (unpaired) electrons. The van der Waals surface area contributed by atoms with Crippen LogP contribution in [0.15, 0.2) is 27.8 Å². The van der Waals surface area contributed by atoms with Gasteiger partial charge in [-0.15, -0.1) is 0 Å². The van der Waals surface area contributed by atoms with Gasteiger partial charge in [-0.1, -0.05) is 33.8 Å². The quantitative estimate of drug-likeness (QED) is 0.644. The van der Waals surface area contributed by atoms with Crippen LogP contribution in [0.5, 0.6) is 11.5 Å². The highest BCUT2D eigenvalue weighted by Gasteiger charge is 2.25. The number of amides is 1. The van der Waals surface area contributed by atoms with Crippen LogP contribution >= 0.6 is 0 Å². The van der Waals surface area contributed by atoms with Gasteiger partial charge in [-0.25, -0.2) is 4.79 Å². The Hall–Kier alpha value is -3.23. The van der Waals surface area contributed by atoms with E-state index in [9.17, 15) is 14.4 Å². The van der Waals surface area contributed by atoms with Crippen molar-refractivity contribution < 1.29 is 14.3 Å². The van der Waals surface area contributed by atoms with Gasteiger partial charge in [0.25, 0.3) is 5.56 Å². The topological polar surface area (TPSA) is 120 Å². The number of aromatic nitrogens is 2. The Labute approximate surface area is 187 Å². The number of aryl methyl sites for hydroxylation is 1. The zero-order chi connectivity index (χ0) is 23.4. The predicted octanol–water partition coefficient (Wildman–Crippen LogP) is 2.17. The number of nitrogens with two attached hydrogens (primary N) is 1. The van der Waals surface area contributed by atoms with Gasteiger partial charge in [0.15, 0.2) is 17.2 Å². The minimum Gasteiger partial charge on any atom is -0.486 e. The molecule has 2 heterocycles. The van der Waals surface area contributed by atoms with E-state index in [-0.39, 0.29) is 35.7 Å². The first-order valence-corrected chi connectivity index (χ1v) is 11.0. The van der Waals surface area contributed by atoms with Crippen molar-refractivity contribution in [3.8, 4) is 11.5 Å². The lowest BCUT2D eigenvalue weighted by Crippen LogP contribution is -2.43. The van der Waals surface area contributed by atoms with Crippen LogP contribution in [0, 0.1) is 11.8 Å². The highest BCUT2D eigenvalue weighted by Crippen LogP contribution is 2.31. The molecule has 3 N–H and O–H groups in total. The van der Waals surface area contributed by atoms with Crippen LogP contribution in [-0.2, 0) is 17.8 Å². The zero-order valence-electron chi connectivity index (χ0n) is 19.1. The molecular weight excluding hydrogens is 412 g/mol. The smallest absolute Gasteiger partial charge is 0.330 e. The molecule has 0 aliphatic carbocycles. The molecular formula is C23H32N4O5. The number of ether oxygens (including phenoxy) is 2. The average molecular weight is 445 g/mol. The number of aromatic amines is 1. The number of carbonyl (C=O) groups is 1. The Morgan fingerprint density at radius 3 is 2.47 bits per heavy atom. The van der Waals surface area contributed by atoms with Gasteiger partial charge in [-0.3, -0.25) is 19.1 Å². The van der Waals surface area contributed by atoms with Crippen molar-refractivity contribution >= 4 is 17.4 Å². The van der Waals surface area contributed by atoms with Gasteiger partial charge in [0, 0.05) is 19.5 Å². The van der Waals surface area contributed by atoms with Crippen LogP contribution in [0.4, 0.5) is 11.5 Å². The number of hydrogen-bond acceptors (Lipinski definition) is 6. The van der Waals surface area contributed by atoms with Crippen LogP contribution in [0.3, 0.4) is 0 Å². The average Bonchev–Trinajstić information content (AvgIpc) is 2.73. The molecule has 0 bridgehead atoms. The van der Waals surface area contributed by atoms with Gasteiger partial charge in [0.2, 0.25) is 5.91 Å². The summed E-state index contributed by atoms with van der Waals surface area (Å²) >= 11 is 0. The van der Waals surface area contributed by atoms with Gasteiger partial charge in [-0.2, -0.15) is 0 Å². The molecule has 9 nitrogen and oxygen atoms in total. The number of benzene rings is 1. The van der Waals surface area contributed by atoms with E-state index >= 15 is 0 Å². The van der Waals surface area contributed by atoms with E-state index in [1.165, 1.54) is 9.47 Å². The third-order valence-electron chi connectivity index (χ3n) is 5.11. The van der Waals surface area contributed by atoms with Crippen LogP contribution in [0.25, 0.3) is 0 Å². The summed E-state index contributed by atoms with van der Waals surface area (Å²) in [5.41, 5.74) is 5.99. The summed E-state index contributed by atoms with van der Waals surface area (Å²) < 4.78 is 12.5. The maximum absolute atomic E-state index is 13.2. The van der Waals surface area contributed by atoms with Crippen molar-refractivity contribution in [1.29, 1.82) is 0 Å². The van der Waals surface area contributed by atoms with Gasteiger partial charge in [0.1, 0.15) is 19.0 Å². The first-order chi connectivity index (χ1) is 15.2. The molecule has 1 aromatic carbocycles. The number of nitrogens with one attached hydrogen (secondary N) is 1. The Kier molecular flexibility index (Phi) is 7.27. The first-order valence-electron chi connectivity index (χ1n) is 11.0. The molecule has 0 fully saturated rings. The molecule has 0 saturated heterocycles. The fourth-order valence-electron chi connectivity index (χ4n) is 3.70. The Morgan fingerprint density at radius 1 is 1.12 bits per heavy atom. The van der Waals surface area contributed by atoms with Gasteiger partial charge in [0.05, 0.1) is 0 Å². The van der Waals surface area contributed by atoms with Crippen molar-refractivity contribution in [2.24, 2.45) is 11.8 Å². The number of anilines is 2. The summed E-state index contributed by atoms with van der Waals surface area (Å²) in [6.07, 6.45) is 0.641. The largest absolute Gasteiger partial charge is 0.486 e. The fraction of sp³-hybridized carbons (Fsp3) is 0.522. The van der Waals surface area contributed by atoms with Crippen LogP contribution in [-0.4, -0.2) is 35.2 Å². The lowest BCUT2D eigenvalue weighted by atomic mass is 10.1. The number of fused-ring (bicyclic) bond motifs is 1. The number of nitrogen functional groups attached to an aromatic ring is 1. The monoisotopic (exact) mass is 444 g/mol. The molecule has 0 unspecified atom stereocenters. The molecule has 9 heteroatoms. The summed E-state index contributed by atoms with van der Waals surface area (Å²) in [5, 5.41) is 0. The summed E-state index contributed by atoms with van der Waals surface area (Å²) in [6.45, 7) is 9.46. The number of hydrogen-bond donors (Lipinski definition) is 2. The molecule has 2 aromatic rings. The molecule has 1 aromatic heterocycles. The molecule has 0 spiro atoms. The summed E-state index contributed by atoms with van der Waals surface area (Å²) in [5.74, 6) is 1.37. The molecule has 174 valence electrons. The van der Waals surface area contributed by atoms with Gasteiger partial charge in [-0.05, 0) is 36.0 Å². The molecule has 1 amide bonds. The summed E-state index contributed by atoms with van der Waals surface area (Å²) in [6, 6.07) is 5.61. The SMILES string of the molecule is CC(C)CN(C(=O)CCc1ccc2c(c1)OCCO2)c1c(N)n(CC(C)C)c(=O)[nH]c1=O. The predicted molar refractivity (Wildman–Crippen MR) is 124 cm³/mol. The van der Waals surface area contributed by atoms with E-state index in [2.05, 4.69) is 4.98 Å². The molecule has 1 aliphatic rings. The number of H-pyrrole nitrogens is 1. The first kappa shape index (κ1) is 23.4. The normalized spacial score (nSPS) is 12.9. The second-order valence-electron chi connectivity index (χ2n) is 8.87. The third-order valence-corrected chi connectivity index (χ3v) is 5.11. The molecule has 1 aliphatic heterocycles. The summed E-state index contributed by atoms with van der Waals surface area (Å²) in [4.78, 5) is 41.9. The van der Waals surface area contributed by atoms with E-state index in [0.29, 0.717) is 44.2 Å². The highest BCUT2D eigenvalue weighted by atomic mass is 16.6. The highest BCUT2D eigenvalue weighted by molar-refractivity contribution is 5.95. The number of nitrogens with zero attached hydrogens (tertiary/aromatic N) is 2. The molecule has 3 rings (SSSR count). The number of carbonyl (C=O) groups excluding carboxylic acids is 1. The Balaban J connectivity index is 1.87. The Bertz CT molecular complexity index is 1090. The van der Waals surface area contributed by atoms with Crippen LogP contribution < -0.4 is 31.4 Å². The maximum Gasteiger partial charge on any atom is 0.330 e. The minimum atomic E-state index is -0.652. The molecule has 0 atom stereocenters. The van der Waals surface area contributed by atoms with Crippen LogP contribution in [0.1, 0.15) is 39.7 Å². The van der Waals surface area contributed by atoms with Crippen molar-refractivity contribution in [2.75, 3.05) is 30.4 Å². The van der Waals surface area contributed by atoms with Crippen molar-refractivity contribution in [3.63, 3.8) is 0 Å². The van der Waals surface area contributed by atoms with E-state index < -0.39 is 11.2 Å². The van der Waals surface area contributed by atoms with Crippen molar-refractivity contribution in [2.45, 2.75) is 47.1 Å². The third kappa shape index (κ3) is 5.33. The van der Waals surface area contributed by atoms with E-state index in [1.54, 1.807) is 0 Å². The van der Waals surface area contributed by atoms with Crippen molar-refractivity contribution in [1.82, 2.24) is 9.55 Å². The zero-order valence-corrected chi connectivity index (χ0v) is 19.1. The molecule has 32 heavy (non-hydrogen) atoms. The van der Waals surface area contributed by atoms with E-state index in [4.69, 9.17) is 15.2 Å². The minimum absolute atomic E-state index is 0.0146. The second-order valence-corrected chi connectivity index (χ2v) is 8.87. The molecule has 0 saturated carbocycles. The lowest BCUT2D eigenvalue weighted by Gasteiger charge is -2.26. The summed E-state index contributed by atoms with van der Waals surface area (Å²) in [7, 11) is 0. The number of rotatable bonds is 8.